The average Bonchev–Trinajstić information content (AvgIpc) is 3.10. The number of aryl methyl sites for hydroxylation is 2. The summed E-state index contributed by atoms with van der Waals surface area (Å²) < 4.78 is 28.0. The topological polar surface area (TPSA) is 95.6 Å². The number of fused-ring (bicyclic) bond motifs is 1. The monoisotopic (exact) mass is 483 g/mol. The maximum atomic E-state index is 13.3. The lowest BCUT2D eigenvalue weighted by Crippen LogP contribution is -2.35. The second kappa shape index (κ2) is 8.99. The Labute approximate surface area is 197 Å². The summed E-state index contributed by atoms with van der Waals surface area (Å²) in [6.07, 6.45) is 1.60. The lowest BCUT2D eigenvalue weighted by molar-refractivity contribution is 0.0963. The Kier molecular flexibility index (Phi) is 6.27. The van der Waals surface area contributed by atoms with Crippen molar-refractivity contribution in [1.29, 1.82) is 0 Å². The zero-order valence-corrected chi connectivity index (χ0v) is 20.3. The fourth-order valence-electron chi connectivity index (χ4n) is 3.94. The molecule has 1 aliphatic heterocycles. The quantitative estimate of drug-likeness (QED) is 0.571. The highest BCUT2D eigenvalue weighted by molar-refractivity contribution is 7.92. The van der Waals surface area contributed by atoms with E-state index in [0.29, 0.717) is 28.4 Å². The minimum Gasteiger partial charge on any atom is -0.355 e. The van der Waals surface area contributed by atoms with Crippen LogP contribution in [0, 0.1) is 13.8 Å². The molecule has 1 aromatic heterocycles. The van der Waals surface area contributed by atoms with Gasteiger partial charge in [-0.05, 0) is 68.1 Å². The highest BCUT2D eigenvalue weighted by atomic mass is 32.2. The molecule has 0 unspecified atom stereocenters. The van der Waals surface area contributed by atoms with Crippen LogP contribution in [0.4, 0.5) is 10.7 Å². The van der Waals surface area contributed by atoms with E-state index in [1.165, 1.54) is 39.9 Å². The van der Waals surface area contributed by atoms with Gasteiger partial charge in [-0.2, -0.15) is 0 Å². The molecule has 0 saturated heterocycles. The molecule has 0 saturated carbocycles. The normalized spacial score (nSPS) is 13.4. The van der Waals surface area contributed by atoms with Crippen molar-refractivity contribution < 1.29 is 18.0 Å². The Morgan fingerprint density at radius 2 is 1.70 bits per heavy atom. The van der Waals surface area contributed by atoms with Gasteiger partial charge in [-0.25, -0.2) is 8.42 Å². The van der Waals surface area contributed by atoms with Crippen LogP contribution in [0.1, 0.15) is 43.1 Å². The molecule has 1 aliphatic rings. The molecular formula is C24H25N3O4S2. The third kappa shape index (κ3) is 4.26. The van der Waals surface area contributed by atoms with Crippen molar-refractivity contribution >= 4 is 43.9 Å². The number of anilines is 2. The van der Waals surface area contributed by atoms with Crippen LogP contribution in [0.3, 0.4) is 0 Å². The van der Waals surface area contributed by atoms with E-state index >= 15 is 0 Å². The first kappa shape index (κ1) is 23.0. The van der Waals surface area contributed by atoms with Crippen LogP contribution in [-0.4, -0.2) is 33.8 Å². The number of nitrogens with one attached hydrogen (secondary N) is 2. The Balaban J connectivity index is 1.58. The summed E-state index contributed by atoms with van der Waals surface area (Å²) in [5.41, 5.74) is 3.28. The first-order valence-corrected chi connectivity index (χ1v) is 12.8. The van der Waals surface area contributed by atoms with E-state index in [4.69, 9.17) is 0 Å². The first-order chi connectivity index (χ1) is 15.7. The number of thiophene rings is 1. The number of amides is 2. The highest BCUT2D eigenvalue weighted by Gasteiger charge is 2.29. The molecule has 4 rings (SSSR count). The van der Waals surface area contributed by atoms with Crippen LogP contribution >= 0.6 is 11.3 Å². The molecule has 9 heteroatoms. The van der Waals surface area contributed by atoms with Crippen LogP contribution in [0.15, 0.2) is 53.4 Å². The Hall–Kier alpha value is -3.17. The molecule has 2 aromatic carbocycles. The number of hydrogen-bond donors (Lipinski definition) is 2. The van der Waals surface area contributed by atoms with E-state index < -0.39 is 15.9 Å². The summed E-state index contributed by atoms with van der Waals surface area (Å²) in [7, 11) is -2.21. The Bertz CT molecular complexity index is 1330. The number of nitrogens with zero attached hydrogens (tertiary/aromatic N) is 1. The van der Waals surface area contributed by atoms with Crippen molar-refractivity contribution in [2.24, 2.45) is 0 Å². The standard InChI is InChI=1S/C24H25N3O4S2/c1-15-16(2)32-24(21(15)23(29)25-3)26-22(28)18-10-12-19(13-11-18)33(30,31)27-14-6-8-17-7-4-5-9-20(17)27/h4-5,7,9-13H,6,8,14H2,1-3H3,(H,25,29)(H,26,28). The van der Waals surface area contributed by atoms with Crippen LogP contribution < -0.4 is 14.9 Å². The SMILES string of the molecule is CNC(=O)c1c(NC(=O)c2ccc(S(=O)(=O)N3CCCc4ccccc43)cc2)sc(C)c1C. The molecule has 7 nitrogen and oxygen atoms in total. The maximum Gasteiger partial charge on any atom is 0.264 e. The van der Waals surface area contributed by atoms with Gasteiger partial charge in [0.1, 0.15) is 5.00 Å². The van der Waals surface area contributed by atoms with E-state index in [0.717, 1.165) is 28.8 Å². The molecule has 2 amide bonds. The van der Waals surface area contributed by atoms with Gasteiger partial charge in [0.25, 0.3) is 21.8 Å². The number of carbonyl (C=O) groups excluding carboxylic acids is 2. The Morgan fingerprint density at radius 1 is 1.00 bits per heavy atom. The van der Waals surface area contributed by atoms with Gasteiger partial charge in [0.2, 0.25) is 0 Å². The molecule has 2 N–H and O–H groups in total. The molecule has 0 fully saturated rings. The minimum atomic E-state index is -3.75. The van der Waals surface area contributed by atoms with Gasteiger partial charge in [-0.1, -0.05) is 18.2 Å². The molecule has 3 aromatic rings. The lowest BCUT2D eigenvalue weighted by Gasteiger charge is -2.30. The number of para-hydroxylation sites is 1. The van der Waals surface area contributed by atoms with Gasteiger partial charge in [0.05, 0.1) is 16.1 Å². The summed E-state index contributed by atoms with van der Waals surface area (Å²) in [4.78, 5) is 26.1. The van der Waals surface area contributed by atoms with Crippen molar-refractivity contribution in [2.45, 2.75) is 31.6 Å². The summed E-state index contributed by atoms with van der Waals surface area (Å²) >= 11 is 1.33. The summed E-state index contributed by atoms with van der Waals surface area (Å²) in [5, 5.41) is 5.86. The van der Waals surface area contributed by atoms with E-state index in [-0.39, 0.29) is 10.8 Å². The van der Waals surface area contributed by atoms with Gasteiger partial charge in [0, 0.05) is 24.0 Å². The van der Waals surface area contributed by atoms with Crippen molar-refractivity contribution in [3.8, 4) is 0 Å². The van der Waals surface area contributed by atoms with Gasteiger partial charge < -0.3 is 10.6 Å². The molecular weight excluding hydrogens is 458 g/mol. The predicted octanol–water partition coefficient (Wildman–Crippen LogP) is 4.12. The Morgan fingerprint density at radius 3 is 2.39 bits per heavy atom. The van der Waals surface area contributed by atoms with Gasteiger partial charge in [-0.3, -0.25) is 13.9 Å². The van der Waals surface area contributed by atoms with Crippen LogP contribution in [-0.2, 0) is 16.4 Å². The van der Waals surface area contributed by atoms with E-state index in [2.05, 4.69) is 10.6 Å². The lowest BCUT2D eigenvalue weighted by atomic mass is 10.0. The maximum absolute atomic E-state index is 13.3. The largest absolute Gasteiger partial charge is 0.355 e. The molecule has 0 radical (unpaired) electrons. The summed E-state index contributed by atoms with van der Waals surface area (Å²) in [6, 6.07) is 13.4. The van der Waals surface area contributed by atoms with Gasteiger partial charge >= 0.3 is 0 Å². The van der Waals surface area contributed by atoms with Crippen LogP contribution in [0.2, 0.25) is 0 Å². The molecule has 0 atom stereocenters. The molecule has 172 valence electrons. The highest BCUT2D eigenvalue weighted by Crippen LogP contribution is 2.34. The molecule has 0 spiro atoms. The molecule has 33 heavy (non-hydrogen) atoms. The smallest absolute Gasteiger partial charge is 0.264 e. The molecule has 2 heterocycles. The zero-order chi connectivity index (χ0) is 23.8. The number of hydrogen-bond acceptors (Lipinski definition) is 5. The molecule has 0 aliphatic carbocycles. The zero-order valence-electron chi connectivity index (χ0n) is 18.6. The summed E-state index contributed by atoms with van der Waals surface area (Å²) in [5.74, 6) is -0.677. The number of benzene rings is 2. The van der Waals surface area contributed by atoms with E-state index in [1.807, 2.05) is 38.1 Å². The fourth-order valence-corrected chi connectivity index (χ4v) is 6.54. The number of sulfonamides is 1. The van der Waals surface area contributed by atoms with Crippen LogP contribution in [0.5, 0.6) is 0 Å². The third-order valence-electron chi connectivity index (χ3n) is 5.84. The second-order valence-corrected chi connectivity index (χ2v) is 10.9. The van der Waals surface area contributed by atoms with Crippen molar-refractivity contribution in [3.63, 3.8) is 0 Å². The average molecular weight is 484 g/mol. The van der Waals surface area contributed by atoms with Crippen molar-refractivity contribution in [3.05, 3.63) is 75.7 Å². The van der Waals surface area contributed by atoms with E-state index in [1.54, 1.807) is 7.05 Å². The predicted molar refractivity (Wildman–Crippen MR) is 131 cm³/mol. The number of rotatable bonds is 5. The molecule has 0 bridgehead atoms. The van der Waals surface area contributed by atoms with E-state index in [9.17, 15) is 18.0 Å². The van der Waals surface area contributed by atoms with Crippen LogP contribution in [0.25, 0.3) is 0 Å². The second-order valence-electron chi connectivity index (χ2n) is 7.85. The van der Waals surface area contributed by atoms with Gasteiger partial charge in [0.15, 0.2) is 0 Å². The fraction of sp³-hybridized carbons (Fsp3) is 0.250. The summed E-state index contributed by atoms with van der Waals surface area (Å²) in [6.45, 7) is 4.14. The van der Waals surface area contributed by atoms with Crippen molar-refractivity contribution in [2.75, 3.05) is 23.2 Å². The number of carbonyl (C=O) groups is 2. The first-order valence-electron chi connectivity index (χ1n) is 10.6. The van der Waals surface area contributed by atoms with Gasteiger partial charge in [-0.15, -0.1) is 11.3 Å². The third-order valence-corrected chi connectivity index (χ3v) is 8.79. The van der Waals surface area contributed by atoms with Crippen molar-refractivity contribution in [1.82, 2.24) is 5.32 Å². The minimum absolute atomic E-state index is 0.129.